The quantitative estimate of drug-likeness (QED) is 0.142. The van der Waals surface area contributed by atoms with E-state index in [-0.39, 0.29) is 0 Å². The minimum Gasteiger partial charge on any atom is -0.435 e. The van der Waals surface area contributed by atoms with Crippen molar-refractivity contribution in [2.24, 2.45) is 0 Å². The summed E-state index contributed by atoms with van der Waals surface area (Å²) in [6.07, 6.45) is 0. The van der Waals surface area contributed by atoms with Gasteiger partial charge in [-0.15, -0.1) is 0 Å². The molecule has 4 aliphatic heterocycles. The van der Waals surface area contributed by atoms with Crippen LogP contribution in [0.3, 0.4) is 0 Å². The van der Waals surface area contributed by atoms with Crippen molar-refractivity contribution in [2.45, 2.75) is 157 Å². The zero-order valence-electron chi connectivity index (χ0n) is 40.7. The second-order valence-electron chi connectivity index (χ2n) is 22.6. The van der Waals surface area contributed by atoms with Gasteiger partial charge < -0.3 is 82.3 Å². The molecule has 61 heavy (non-hydrogen) atoms. The van der Waals surface area contributed by atoms with Gasteiger partial charge in [0.1, 0.15) is 0 Å². The van der Waals surface area contributed by atoms with E-state index in [9.17, 15) is 0 Å². The van der Waals surface area contributed by atoms with Gasteiger partial charge in [0.15, 0.2) is 66.5 Å². The van der Waals surface area contributed by atoms with E-state index in [1.807, 2.05) is 157 Å². The Labute approximate surface area is 386 Å². The smallest absolute Gasteiger partial charge is 0.435 e. The van der Waals surface area contributed by atoms with Gasteiger partial charge in [-0.2, -0.15) is 0 Å². The first kappa shape index (κ1) is 56.5. The maximum Gasteiger partial charge on any atom is 0.651 e. The third-order valence-electron chi connectivity index (χ3n) is 6.12. The largest absolute Gasteiger partial charge is 0.651 e. The summed E-state index contributed by atoms with van der Waals surface area (Å²) in [6.45, 7) is 47.2. The van der Waals surface area contributed by atoms with Crippen molar-refractivity contribution in [3.05, 3.63) is 0 Å². The molecule has 4 heterocycles. The molecule has 4 aliphatic rings. The summed E-state index contributed by atoms with van der Waals surface area (Å²) in [6, 6.07) is 0. The van der Waals surface area contributed by atoms with E-state index in [0.29, 0.717) is 0 Å². The lowest BCUT2D eigenvalue weighted by atomic mass is 11.8. The molecule has 4 atom stereocenters. The van der Waals surface area contributed by atoms with Crippen molar-refractivity contribution < 1.29 is 82.3 Å². The maximum atomic E-state index is 7.39. The SMILES string of the molecule is C[Si](C)(C)O[Si]O[Si]1(O[Si](C)(C)C)O[Si]2(O[Si](C)(C)C)O[Si]3(O[Si](C)(C)C)O[Si]O[Si]4(O[Si](C)(C)C)O[Si](O[Si](C)(C)C)(O1)O[Si](O[Si](C)(C)C)(O2)O[Si](O[Si](C)(C)C)(O3)O4. The highest BCUT2D eigenvalue weighted by atomic mass is 28.7. The van der Waals surface area contributed by atoms with Crippen LogP contribution in [-0.2, 0) is 82.3 Å². The maximum absolute atomic E-state index is 7.39. The molecule has 0 amide bonds. The Balaban J connectivity index is 2.32. The zero-order chi connectivity index (χ0) is 47.1. The summed E-state index contributed by atoms with van der Waals surface area (Å²) in [5, 5.41) is 0. The topological polar surface area (TPSA) is 185 Å². The lowest BCUT2D eigenvalue weighted by Crippen LogP contribution is -2.88. The number of fused-ring (bicyclic) bond motifs is 4. The summed E-state index contributed by atoms with van der Waals surface area (Å²) in [4.78, 5) is 0. The van der Waals surface area contributed by atoms with Crippen LogP contribution in [0.15, 0.2) is 0 Å². The highest BCUT2D eigenvalue weighted by Crippen LogP contribution is 2.48. The average molecular weight is 1160 g/mol. The first-order valence-corrected chi connectivity index (χ1v) is 60.5. The van der Waals surface area contributed by atoms with E-state index < -0.39 is 150 Å². The van der Waals surface area contributed by atoms with E-state index >= 15 is 0 Å². The number of hydrogen-bond donors (Lipinski definition) is 0. The predicted molar refractivity (Wildman–Crippen MR) is 260 cm³/mol. The van der Waals surface area contributed by atoms with Crippen LogP contribution in [0.4, 0.5) is 0 Å². The van der Waals surface area contributed by atoms with Crippen molar-refractivity contribution in [1.29, 1.82) is 0 Å². The Morgan fingerprint density at radius 3 is 0.770 bits per heavy atom. The van der Waals surface area contributed by atoms with Crippen molar-refractivity contribution in [1.82, 2.24) is 0 Å². The molecule has 37 heteroatoms. The highest BCUT2D eigenvalue weighted by Gasteiger charge is 2.87. The fourth-order valence-corrected chi connectivity index (χ4v) is 63.3. The van der Waals surface area contributed by atoms with Crippen LogP contribution in [0.2, 0.25) is 157 Å². The van der Waals surface area contributed by atoms with Crippen LogP contribution in [0.5, 0.6) is 0 Å². The van der Waals surface area contributed by atoms with Gasteiger partial charge in [0.2, 0.25) is 0 Å². The van der Waals surface area contributed by atoms with Crippen molar-refractivity contribution in [3.63, 3.8) is 0 Å². The van der Waals surface area contributed by atoms with Crippen LogP contribution in [0.25, 0.3) is 0 Å². The average Bonchev–Trinajstić information content (AvgIpc) is 2.81. The molecule has 20 nitrogen and oxygen atoms in total. The monoisotopic (exact) mass is 1160 g/mol. The lowest BCUT2D eigenvalue weighted by molar-refractivity contribution is -0.0955. The minimum absolute atomic E-state index is 0.641. The van der Waals surface area contributed by atoms with Crippen LogP contribution >= 0.6 is 0 Å². The summed E-state index contributed by atoms with van der Waals surface area (Å²) in [5.74, 6) is 0. The molecular weight excluding hydrogens is 1090 g/mol. The minimum atomic E-state index is -5.05. The molecule has 4 fully saturated rings. The van der Waals surface area contributed by atoms with Crippen molar-refractivity contribution in [2.75, 3.05) is 0 Å². The van der Waals surface area contributed by atoms with E-state index in [4.69, 9.17) is 82.3 Å². The molecule has 0 N–H and O–H groups in total. The van der Waals surface area contributed by atoms with Gasteiger partial charge in [-0.25, -0.2) is 0 Å². The first-order valence-electron chi connectivity index (χ1n) is 20.2. The molecule has 0 spiro atoms. The standard InChI is InChI=1S/C24H72O20Si17/c1-47(2,3)25-45-26-55(29-48(4,5)6)36-58(32-51(13,14)15)38-56(30-49(7,8)9)27-46-28-57(31-50(10,11)12)39-59(37-55,33-52(16,17)18)43-61(42-58,35-54(22,23)24)44-60(40-56,41-57)34-53(19,20)21/h1-24H3. The Hall–Kier alpha value is 2.89. The summed E-state index contributed by atoms with van der Waals surface area (Å²) < 4.78 is 142. The van der Waals surface area contributed by atoms with E-state index in [1.165, 1.54) is 0 Å². The third kappa shape index (κ3) is 17.7. The Morgan fingerprint density at radius 2 is 0.525 bits per heavy atom. The molecule has 4 rings (SSSR count). The Morgan fingerprint density at radius 1 is 0.295 bits per heavy atom. The molecule has 0 aromatic rings. The third-order valence-corrected chi connectivity index (χ3v) is 55.0. The van der Waals surface area contributed by atoms with Crippen LogP contribution in [0, 0.1) is 0 Å². The van der Waals surface area contributed by atoms with Crippen molar-refractivity contribution in [3.8, 4) is 0 Å². The van der Waals surface area contributed by atoms with Gasteiger partial charge >= 0.3 is 83.3 Å². The van der Waals surface area contributed by atoms with Crippen LogP contribution < -0.4 is 0 Å². The zero-order valence-corrected chi connectivity index (χ0v) is 57.7. The fraction of sp³-hybridized carbons (Fsp3) is 1.00. The summed E-state index contributed by atoms with van der Waals surface area (Å²) in [5.41, 5.74) is 0. The van der Waals surface area contributed by atoms with Crippen LogP contribution in [0.1, 0.15) is 0 Å². The molecule has 6 bridgehead atoms. The second kappa shape index (κ2) is 18.2. The molecule has 0 aromatic carbocycles. The Kier molecular flexibility index (Phi) is 16.9. The van der Waals surface area contributed by atoms with E-state index in [2.05, 4.69) is 0 Å². The van der Waals surface area contributed by atoms with E-state index in [1.54, 1.807) is 0 Å². The van der Waals surface area contributed by atoms with Gasteiger partial charge in [0.25, 0.3) is 0 Å². The van der Waals surface area contributed by atoms with Gasteiger partial charge in [-0.1, -0.05) is 0 Å². The van der Waals surface area contributed by atoms with Gasteiger partial charge in [0.05, 0.1) is 0 Å². The molecule has 0 aliphatic carbocycles. The fourth-order valence-electron chi connectivity index (χ4n) is 5.20. The lowest BCUT2D eigenvalue weighted by Gasteiger charge is -2.57. The van der Waals surface area contributed by atoms with Crippen molar-refractivity contribution >= 4 is 150 Å². The van der Waals surface area contributed by atoms with E-state index in [0.717, 1.165) is 0 Å². The highest BCUT2D eigenvalue weighted by molar-refractivity contribution is 7.01. The molecule has 4 radical (unpaired) electrons. The molecule has 0 aromatic heterocycles. The molecular formula is C24H72O20Si17. The van der Waals surface area contributed by atoms with Gasteiger partial charge in [-0.3, -0.25) is 0 Å². The molecule has 4 saturated heterocycles. The summed E-state index contributed by atoms with van der Waals surface area (Å²) >= 11 is 0. The van der Waals surface area contributed by atoms with Gasteiger partial charge in [0, 0.05) is 0 Å². The molecule has 356 valence electrons. The molecule has 0 saturated carbocycles. The first-order chi connectivity index (χ1) is 26.7. The van der Waals surface area contributed by atoms with Gasteiger partial charge in [-0.05, 0) is 157 Å². The Bertz CT molecular complexity index is 1470. The predicted octanol–water partition coefficient (Wildman–Crippen LogP) is 6.17. The summed E-state index contributed by atoms with van der Waals surface area (Å²) in [7, 11) is -57.9. The molecule has 4 unspecified atom stereocenters. The van der Waals surface area contributed by atoms with Crippen LogP contribution in [-0.4, -0.2) is 150 Å². The number of hydrogen-bond acceptors (Lipinski definition) is 20. The number of rotatable bonds is 18. The second-order valence-corrected chi connectivity index (χ2v) is 80.1. The normalized spacial score (nSPS) is 36.2.